The van der Waals surface area contributed by atoms with Crippen LogP contribution in [0, 0.1) is 16.7 Å². The molecule has 64 valence electrons. The smallest absolute Gasteiger partial charge is 0.00152 e. The van der Waals surface area contributed by atoms with Gasteiger partial charge in [0.2, 0.25) is 0 Å². The molecular weight excluding hydrogens is 134 g/mol. The summed E-state index contributed by atoms with van der Waals surface area (Å²) in [7, 11) is 0. The number of hydrogen-bond acceptors (Lipinski definition) is 1. The molecule has 1 nitrogen and oxygen atoms in total. The lowest BCUT2D eigenvalue weighted by Crippen LogP contribution is -2.61. The number of nitrogens with two attached hydrogens (primary N) is 1. The summed E-state index contributed by atoms with van der Waals surface area (Å²) in [5.41, 5.74) is 6.94. The monoisotopic (exact) mass is 153 g/mol. The van der Waals surface area contributed by atoms with Gasteiger partial charge in [0.15, 0.2) is 0 Å². The largest absolute Gasteiger partial charge is 0.330 e. The third-order valence-electron chi connectivity index (χ3n) is 4.62. The number of fused-ring (bicyclic) bond motifs is 2. The summed E-state index contributed by atoms with van der Waals surface area (Å²) < 4.78 is 0. The molecule has 0 radical (unpaired) electrons. The topological polar surface area (TPSA) is 26.0 Å². The second-order valence-corrected chi connectivity index (χ2v) is 5.00. The van der Waals surface area contributed by atoms with Crippen molar-refractivity contribution in [1.29, 1.82) is 0 Å². The summed E-state index contributed by atoms with van der Waals surface area (Å²) >= 11 is 0. The van der Waals surface area contributed by atoms with Crippen molar-refractivity contribution in [3.8, 4) is 0 Å². The third kappa shape index (κ3) is 0.703. The fraction of sp³-hybridized carbons (Fsp3) is 1.00. The second kappa shape index (κ2) is 2.01. The Morgan fingerprint density at radius 1 is 1.45 bits per heavy atom. The molecule has 1 heteroatoms. The Hall–Kier alpha value is -0.0400. The fourth-order valence-electron chi connectivity index (χ4n) is 3.31. The molecule has 0 aromatic carbocycles. The molecule has 3 fully saturated rings. The summed E-state index contributed by atoms with van der Waals surface area (Å²) in [5.74, 6) is 0.986. The summed E-state index contributed by atoms with van der Waals surface area (Å²) in [6, 6.07) is 0. The van der Waals surface area contributed by atoms with E-state index in [4.69, 9.17) is 5.73 Å². The molecule has 2 bridgehead atoms. The van der Waals surface area contributed by atoms with Crippen LogP contribution in [0.2, 0.25) is 0 Å². The molecule has 0 aromatic heterocycles. The van der Waals surface area contributed by atoms with E-state index in [1.54, 1.807) is 0 Å². The van der Waals surface area contributed by atoms with Crippen LogP contribution in [0.5, 0.6) is 0 Å². The van der Waals surface area contributed by atoms with Gasteiger partial charge in [-0.1, -0.05) is 20.3 Å². The maximum absolute atomic E-state index is 5.85. The van der Waals surface area contributed by atoms with E-state index in [0.29, 0.717) is 10.8 Å². The Kier molecular flexibility index (Phi) is 1.39. The van der Waals surface area contributed by atoms with Crippen LogP contribution in [-0.2, 0) is 0 Å². The van der Waals surface area contributed by atoms with Crippen LogP contribution in [-0.4, -0.2) is 6.54 Å². The molecule has 3 saturated carbocycles. The van der Waals surface area contributed by atoms with E-state index in [-0.39, 0.29) is 0 Å². The molecule has 0 saturated heterocycles. The van der Waals surface area contributed by atoms with Crippen LogP contribution in [0.3, 0.4) is 0 Å². The molecule has 0 heterocycles. The van der Waals surface area contributed by atoms with Crippen LogP contribution in [0.25, 0.3) is 0 Å². The van der Waals surface area contributed by atoms with Crippen molar-refractivity contribution in [2.24, 2.45) is 22.5 Å². The fourth-order valence-corrected chi connectivity index (χ4v) is 3.31. The first-order valence-electron chi connectivity index (χ1n) is 4.82. The molecule has 0 aromatic rings. The Balaban J connectivity index is 2.22. The van der Waals surface area contributed by atoms with Crippen LogP contribution in [0.15, 0.2) is 0 Å². The van der Waals surface area contributed by atoms with Gasteiger partial charge in [-0.05, 0) is 42.6 Å². The molecule has 0 amide bonds. The summed E-state index contributed by atoms with van der Waals surface area (Å²) in [6.07, 6.45) is 5.67. The average Bonchev–Trinajstić information content (AvgIpc) is 2.04. The molecule has 3 aliphatic rings. The van der Waals surface area contributed by atoms with Gasteiger partial charge in [-0.2, -0.15) is 0 Å². The standard InChI is InChI=1S/C10H19N/c1-9(2)8-4-3-5-10(9,6-8)7-11/h8H,3-7,11H2,1-2H3. The van der Waals surface area contributed by atoms with Crippen molar-refractivity contribution in [3.05, 3.63) is 0 Å². The zero-order chi connectivity index (χ0) is 8.11. The molecule has 0 spiro atoms. The highest BCUT2D eigenvalue weighted by Crippen LogP contribution is 2.67. The summed E-state index contributed by atoms with van der Waals surface area (Å²) in [6.45, 7) is 5.73. The van der Waals surface area contributed by atoms with Crippen molar-refractivity contribution in [2.45, 2.75) is 39.5 Å². The lowest BCUT2D eigenvalue weighted by atomic mass is 9.40. The van der Waals surface area contributed by atoms with Crippen molar-refractivity contribution in [1.82, 2.24) is 0 Å². The maximum Gasteiger partial charge on any atom is -0.00152 e. The first-order valence-corrected chi connectivity index (χ1v) is 4.82. The zero-order valence-corrected chi connectivity index (χ0v) is 7.69. The van der Waals surface area contributed by atoms with Gasteiger partial charge in [-0.15, -0.1) is 0 Å². The molecule has 3 aliphatic carbocycles. The van der Waals surface area contributed by atoms with E-state index >= 15 is 0 Å². The van der Waals surface area contributed by atoms with Crippen LogP contribution >= 0.6 is 0 Å². The van der Waals surface area contributed by atoms with E-state index in [1.807, 2.05) is 0 Å². The first kappa shape index (κ1) is 7.60. The van der Waals surface area contributed by atoms with Crippen molar-refractivity contribution >= 4 is 0 Å². The van der Waals surface area contributed by atoms with Crippen molar-refractivity contribution in [2.75, 3.05) is 6.54 Å². The lowest BCUT2D eigenvalue weighted by Gasteiger charge is -2.65. The van der Waals surface area contributed by atoms with Crippen LogP contribution in [0.4, 0.5) is 0 Å². The van der Waals surface area contributed by atoms with Gasteiger partial charge < -0.3 is 5.73 Å². The van der Waals surface area contributed by atoms with Crippen molar-refractivity contribution < 1.29 is 0 Å². The lowest BCUT2D eigenvalue weighted by molar-refractivity contribution is -0.153. The average molecular weight is 153 g/mol. The molecule has 2 N–H and O–H groups in total. The highest BCUT2D eigenvalue weighted by atomic mass is 14.7. The molecule has 2 unspecified atom stereocenters. The minimum absolute atomic E-state index is 0.538. The predicted octanol–water partition coefficient (Wildman–Crippen LogP) is 2.16. The Labute approximate surface area is 69.4 Å². The van der Waals surface area contributed by atoms with Gasteiger partial charge in [-0.3, -0.25) is 0 Å². The van der Waals surface area contributed by atoms with Gasteiger partial charge in [0.05, 0.1) is 0 Å². The molecule has 0 aliphatic heterocycles. The van der Waals surface area contributed by atoms with Gasteiger partial charge in [0, 0.05) is 0 Å². The highest BCUT2D eigenvalue weighted by Gasteiger charge is 2.60. The quantitative estimate of drug-likeness (QED) is 0.614. The van der Waals surface area contributed by atoms with Gasteiger partial charge in [-0.25, -0.2) is 0 Å². The highest BCUT2D eigenvalue weighted by molar-refractivity contribution is 5.10. The predicted molar refractivity (Wildman–Crippen MR) is 47.2 cm³/mol. The molecular formula is C10H19N. The Bertz CT molecular complexity index is 170. The minimum atomic E-state index is 0.538. The van der Waals surface area contributed by atoms with Gasteiger partial charge >= 0.3 is 0 Å². The van der Waals surface area contributed by atoms with Gasteiger partial charge in [0.25, 0.3) is 0 Å². The SMILES string of the molecule is CC1(C)C2CCCC1(CN)C2. The Morgan fingerprint density at radius 2 is 2.18 bits per heavy atom. The van der Waals surface area contributed by atoms with E-state index in [1.165, 1.54) is 25.7 Å². The second-order valence-electron chi connectivity index (χ2n) is 5.00. The van der Waals surface area contributed by atoms with E-state index < -0.39 is 0 Å². The van der Waals surface area contributed by atoms with Crippen molar-refractivity contribution in [3.63, 3.8) is 0 Å². The normalized spacial score (nSPS) is 46.6. The summed E-state index contributed by atoms with van der Waals surface area (Å²) in [5, 5.41) is 0. The number of rotatable bonds is 1. The molecule has 11 heavy (non-hydrogen) atoms. The van der Waals surface area contributed by atoms with E-state index in [2.05, 4.69) is 13.8 Å². The van der Waals surface area contributed by atoms with E-state index in [0.717, 1.165) is 12.5 Å². The van der Waals surface area contributed by atoms with E-state index in [9.17, 15) is 0 Å². The minimum Gasteiger partial charge on any atom is -0.330 e. The zero-order valence-electron chi connectivity index (χ0n) is 7.69. The molecule has 3 rings (SSSR count). The maximum atomic E-state index is 5.85. The molecule has 2 atom stereocenters. The van der Waals surface area contributed by atoms with Crippen LogP contribution < -0.4 is 5.73 Å². The third-order valence-corrected chi connectivity index (χ3v) is 4.62. The number of hydrogen-bond donors (Lipinski definition) is 1. The van der Waals surface area contributed by atoms with Gasteiger partial charge in [0.1, 0.15) is 0 Å². The first-order chi connectivity index (χ1) is 5.12. The van der Waals surface area contributed by atoms with Crippen LogP contribution in [0.1, 0.15) is 39.5 Å². The summed E-state index contributed by atoms with van der Waals surface area (Å²) in [4.78, 5) is 0. The Morgan fingerprint density at radius 3 is 2.55 bits per heavy atom.